The first-order valence-corrected chi connectivity index (χ1v) is 6.11. The minimum Gasteiger partial charge on any atom is -0.441 e. The van der Waals surface area contributed by atoms with Crippen molar-refractivity contribution >= 4 is 11.6 Å². The first kappa shape index (κ1) is 12.2. The zero-order chi connectivity index (χ0) is 12.6. The van der Waals surface area contributed by atoms with Crippen LogP contribution in [0.25, 0.3) is 11.5 Å². The van der Waals surface area contributed by atoms with E-state index >= 15 is 0 Å². The van der Waals surface area contributed by atoms with Gasteiger partial charge in [0.25, 0.3) is 0 Å². The van der Waals surface area contributed by atoms with Gasteiger partial charge in [-0.25, -0.2) is 4.98 Å². The molecule has 0 unspecified atom stereocenters. The molecule has 2 aromatic rings. The Bertz CT molecular complexity index is 523. The largest absolute Gasteiger partial charge is 0.441 e. The highest BCUT2D eigenvalue weighted by Gasteiger charge is 2.17. The van der Waals surface area contributed by atoms with Gasteiger partial charge < -0.3 is 4.42 Å². The highest BCUT2D eigenvalue weighted by atomic mass is 35.5. The van der Waals surface area contributed by atoms with Gasteiger partial charge in [-0.3, -0.25) is 0 Å². The second-order valence-corrected chi connectivity index (χ2v) is 4.95. The van der Waals surface area contributed by atoms with Crippen molar-refractivity contribution in [1.29, 1.82) is 0 Å². The Morgan fingerprint density at radius 1 is 1.24 bits per heavy atom. The van der Waals surface area contributed by atoms with E-state index in [1.165, 1.54) is 0 Å². The molecule has 0 radical (unpaired) electrons. The third-order valence-corrected chi connectivity index (χ3v) is 3.13. The summed E-state index contributed by atoms with van der Waals surface area (Å²) >= 11 is 6.21. The second kappa shape index (κ2) is 4.53. The number of aromatic nitrogens is 1. The molecular formula is C14H16ClNO. The van der Waals surface area contributed by atoms with Gasteiger partial charge in [0.2, 0.25) is 5.89 Å². The van der Waals surface area contributed by atoms with Crippen LogP contribution in [-0.4, -0.2) is 4.98 Å². The van der Waals surface area contributed by atoms with Crippen LogP contribution in [0, 0.1) is 13.8 Å². The molecule has 0 N–H and O–H groups in total. The van der Waals surface area contributed by atoms with Crippen LogP contribution in [0.4, 0.5) is 0 Å². The van der Waals surface area contributed by atoms with E-state index in [0.29, 0.717) is 16.8 Å². The van der Waals surface area contributed by atoms with Crippen molar-refractivity contribution < 1.29 is 4.42 Å². The third-order valence-electron chi connectivity index (χ3n) is 2.82. The molecule has 0 fully saturated rings. The highest BCUT2D eigenvalue weighted by molar-refractivity contribution is 6.33. The summed E-state index contributed by atoms with van der Waals surface area (Å²) in [4.78, 5) is 4.55. The summed E-state index contributed by atoms with van der Waals surface area (Å²) in [7, 11) is 0. The summed E-state index contributed by atoms with van der Waals surface area (Å²) in [6.45, 7) is 8.16. The van der Waals surface area contributed by atoms with Gasteiger partial charge in [0, 0.05) is 0 Å². The Labute approximate surface area is 107 Å². The van der Waals surface area contributed by atoms with Crippen LogP contribution in [0.1, 0.15) is 36.8 Å². The van der Waals surface area contributed by atoms with E-state index in [2.05, 4.69) is 18.8 Å². The average molecular weight is 250 g/mol. The van der Waals surface area contributed by atoms with Crippen LogP contribution in [0.2, 0.25) is 5.02 Å². The molecule has 0 saturated heterocycles. The van der Waals surface area contributed by atoms with Crippen molar-refractivity contribution in [2.24, 2.45) is 0 Å². The van der Waals surface area contributed by atoms with Crippen LogP contribution in [-0.2, 0) is 0 Å². The number of oxazole rings is 1. The van der Waals surface area contributed by atoms with Gasteiger partial charge in [0.1, 0.15) is 5.76 Å². The molecule has 0 amide bonds. The number of hydrogen-bond donors (Lipinski definition) is 0. The number of halogens is 1. The minimum absolute atomic E-state index is 0.357. The van der Waals surface area contributed by atoms with Crippen molar-refractivity contribution in [3.63, 3.8) is 0 Å². The number of benzene rings is 1. The summed E-state index contributed by atoms with van der Waals surface area (Å²) in [5.41, 5.74) is 2.97. The Kier molecular flexibility index (Phi) is 3.25. The number of aryl methyl sites for hydroxylation is 2. The summed E-state index contributed by atoms with van der Waals surface area (Å²) in [6, 6.07) is 5.80. The summed E-state index contributed by atoms with van der Waals surface area (Å²) < 4.78 is 5.73. The maximum absolute atomic E-state index is 6.21. The van der Waals surface area contributed by atoms with Gasteiger partial charge in [-0.05, 0) is 31.4 Å². The second-order valence-electron chi connectivity index (χ2n) is 4.55. The van der Waals surface area contributed by atoms with Crippen LogP contribution in [0.15, 0.2) is 22.6 Å². The highest BCUT2D eigenvalue weighted by Crippen LogP contribution is 2.33. The van der Waals surface area contributed by atoms with Crippen molar-refractivity contribution in [3.05, 3.63) is 40.2 Å². The molecule has 0 saturated carbocycles. The SMILES string of the molecule is Cc1cccc(Cl)c1-c1nc(C(C)C)c(C)o1. The van der Waals surface area contributed by atoms with Crippen LogP contribution in [0.5, 0.6) is 0 Å². The molecule has 3 heteroatoms. The molecule has 0 bridgehead atoms. The standard InChI is InChI=1S/C14H16ClNO/c1-8(2)13-10(4)17-14(16-13)12-9(3)6-5-7-11(12)15/h5-8H,1-4H3. The lowest BCUT2D eigenvalue weighted by Gasteiger charge is -2.03. The van der Waals surface area contributed by atoms with Gasteiger partial charge in [0.05, 0.1) is 16.3 Å². The zero-order valence-electron chi connectivity index (χ0n) is 10.5. The molecule has 1 aromatic heterocycles. The lowest BCUT2D eigenvalue weighted by atomic mass is 10.1. The Balaban J connectivity index is 2.58. The normalized spacial score (nSPS) is 11.2. The first-order valence-electron chi connectivity index (χ1n) is 5.73. The van der Waals surface area contributed by atoms with Gasteiger partial charge in [-0.2, -0.15) is 0 Å². The minimum atomic E-state index is 0.357. The summed E-state index contributed by atoms with van der Waals surface area (Å²) in [5, 5.41) is 0.682. The van der Waals surface area contributed by atoms with Crippen molar-refractivity contribution in [3.8, 4) is 11.5 Å². The molecule has 0 aliphatic rings. The van der Waals surface area contributed by atoms with E-state index in [0.717, 1.165) is 22.6 Å². The van der Waals surface area contributed by atoms with E-state index in [1.54, 1.807) is 0 Å². The van der Waals surface area contributed by atoms with Gasteiger partial charge in [-0.15, -0.1) is 0 Å². The maximum Gasteiger partial charge on any atom is 0.228 e. The Morgan fingerprint density at radius 3 is 2.47 bits per heavy atom. The quantitative estimate of drug-likeness (QED) is 0.769. The smallest absolute Gasteiger partial charge is 0.228 e. The topological polar surface area (TPSA) is 26.0 Å². The summed E-state index contributed by atoms with van der Waals surface area (Å²) in [5.74, 6) is 1.85. The lowest BCUT2D eigenvalue weighted by molar-refractivity contribution is 0.537. The van der Waals surface area contributed by atoms with Gasteiger partial charge >= 0.3 is 0 Å². The molecule has 2 nitrogen and oxygen atoms in total. The maximum atomic E-state index is 6.21. The zero-order valence-corrected chi connectivity index (χ0v) is 11.3. The monoisotopic (exact) mass is 249 g/mol. The van der Waals surface area contributed by atoms with E-state index in [4.69, 9.17) is 16.0 Å². The first-order chi connectivity index (χ1) is 8.00. The Hall–Kier alpha value is -1.28. The molecular weight excluding hydrogens is 234 g/mol. The van der Waals surface area contributed by atoms with E-state index in [9.17, 15) is 0 Å². The van der Waals surface area contributed by atoms with Crippen LogP contribution in [0.3, 0.4) is 0 Å². The third kappa shape index (κ3) is 2.22. The fraction of sp³-hybridized carbons (Fsp3) is 0.357. The molecule has 0 aliphatic carbocycles. The summed E-state index contributed by atoms with van der Waals surface area (Å²) in [6.07, 6.45) is 0. The molecule has 17 heavy (non-hydrogen) atoms. The number of hydrogen-bond acceptors (Lipinski definition) is 2. The van der Waals surface area contributed by atoms with Crippen molar-refractivity contribution in [2.75, 3.05) is 0 Å². The fourth-order valence-corrected chi connectivity index (χ4v) is 2.26. The number of rotatable bonds is 2. The molecule has 0 spiro atoms. The molecule has 1 heterocycles. The fourth-order valence-electron chi connectivity index (χ4n) is 1.95. The Morgan fingerprint density at radius 2 is 1.94 bits per heavy atom. The molecule has 2 rings (SSSR count). The predicted octanol–water partition coefficient (Wildman–Crippen LogP) is 4.74. The van der Waals surface area contributed by atoms with Crippen molar-refractivity contribution in [2.45, 2.75) is 33.6 Å². The molecule has 90 valence electrons. The van der Waals surface area contributed by atoms with E-state index in [1.807, 2.05) is 32.0 Å². The molecule has 0 aliphatic heterocycles. The predicted molar refractivity (Wildman–Crippen MR) is 70.5 cm³/mol. The lowest BCUT2D eigenvalue weighted by Crippen LogP contribution is -1.90. The number of nitrogens with zero attached hydrogens (tertiary/aromatic N) is 1. The molecule has 0 atom stereocenters. The van der Waals surface area contributed by atoms with Gasteiger partial charge in [-0.1, -0.05) is 37.6 Å². The van der Waals surface area contributed by atoms with E-state index in [-0.39, 0.29) is 0 Å². The average Bonchev–Trinajstić information content (AvgIpc) is 2.60. The van der Waals surface area contributed by atoms with E-state index < -0.39 is 0 Å². The van der Waals surface area contributed by atoms with Crippen LogP contribution >= 0.6 is 11.6 Å². The van der Waals surface area contributed by atoms with Crippen LogP contribution < -0.4 is 0 Å². The van der Waals surface area contributed by atoms with Crippen molar-refractivity contribution in [1.82, 2.24) is 4.98 Å². The molecule has 1 aromatic carbocycles. The van der Waals surface area contributed by atoms with Gasteiger partial charge in [0.15, 0.2) is 0 Å².